The van der Waals surface area contributed by atoms with E-state index < -0.39 is 5.91 Å². The monoisotopic (exact) mass is 479 g/mol. The Morgan fingerprint density at radius 3 is 2.42 bits per heavy atom. The number of aryl methyl sites for hydroxylation is 1. The molecule has 0 bridgehead atoms. The molecule has 0 unspecified atom stereocenters. The van der Waals surface area contributed by atoms with Crippen molar-refractivity contribution in [2.45, 2.75) is 6.92 Å². The van der Waals surface area contributed by atoms with Gasteiger partial charge in [0, 0.05) is 16.4 Å². The highest BCUT2D eigenvalue weighted by Crippen LogP contribution is 2.27. The number of halogens is 2. The van der Waals surface area contributed by atoms with Crippen LogP contribution < -0.4 is 15.4 Å². The predicted molar refractivity (Wildman–Crippen MR) is 130 cm³/mol. The molecule has 3 aromatic carbocycles. The van der Waals surface area contributed by atoms with E-state index in [1.165, 1.54) is 6.08 Å². The summed E-state index contributed by atoms with van der Waals surface area (Å²) in [4.78, 5) is 24.5. The molecule has 33 heavy (non-hydrogen) atoms. The van der Waals surface area contributed by atoms with Crippen LogP contribution in [0, 0.1) is 18.3 Å². The van der Waals surface area contributed by atoms with E-state index in [0.29, 0.717) is 27.7 Å². The van der Waals surface area contributed by atoms with Gasteiger partial charge >= 0.3 is 0 Å². The maximum absolute atomic E-state index is 12.4. The van der Waals surface area contributed by atoms with E-state index >= 15 is 0 Å². The SMILES string of the molecule is Cc1ccc(NC(=O)COc2ccc(/C=C(\C#N)C(=O)Nc3cccc(Cl)c3)cc2Cl)cc1. The molecule has 0 aromatic heterocycles. The van der Waals surface area contributed by atoms with Crippen molar-refractivity contribution in [2.24, 2.45) is 0 Å². The van der Waals surface area contributed by atoms with Crippen LogP contribution >= 0.6 is 23.2 Å². The van der Waals surface area contributed by atoms with Crippen LogP contribution in [0.1, 0.15) is 11.1 Å². The minimum atomic E-state index is -0.580. The fraction of sp³-hybridized carbons (Fsp3) is 0.0800. The first-order valence-corrected chi connectivity index (χ1v) is 10.6. The van der Waals surface area contributed by atoms with Gasteiger partial charge in [-0.15, -0.1) is 0 Å². The summed E-state index contributed by atoms with van der Waals surface area (Å²) in [6.45, 7) is 1.73. The van der Waals surface area contributed by atoms with Gasteiger partial charge in [-0.3, -0.25) is 9.59 Å². The lowest BCUT2D eigenvalue weighted by Crippen LogP contribution is -2.20. The highest BCUT2D eigenvalue weighted by Gasteiger charge is 2.11. The first kappa shape index (κ1) is 23.9. The number of amides is 2. The standard InChI is InChI=1S/C25H19Cl2N3O3/c1-16-5-8-20(9-6-16)29-24(31)15-33-23-10-7-17(12-22(23)27)11-18(14-28)25(32)30-21-4-2-3-19(26)13-21/h2-13H,15H2,1H3,(H,29,31)(H,30,32)/b18-11+. The fourth-order valence-electron chi connectivity index (χ4n) is 2.78. The van der Waals surface area contributed by atoms with Crippen molar-refractivity contribution in [2.75, 3.05) is 17.2 Å². The average molecular weight is 480 g/mol. The smallest absolute Gasteiger partial charge is 0.266 e. The number of carbonyl (C=O) groups excluding carboxylic acids is 2. The zero-order valence-corrected chi connectivity index (χ0v) is 19.1. The summed E-state index contributed by atoms with van der Waals surface area (Å²) in [5.41, 5.74) is 2.64. The average Bonchev–Trinajstić information content (AvgIpc) is 2.78. The van der Waals surface area contributed by atoms with Gasteiger partial charge in [-0.2, -0.15) is 5.26 Å². The molecule has 0 spiro atoms. The van der Waals surface area contributed by atoms with Crippen LogP contribution in [0.25, 0.3) is 6.08 Å². The zero-order chi connectivity index (χ0) is 23.8. The van der Waals surface area contributed by atoms with Gasteiger partial charge in [-0.25, -0.2) is 0 Å². The molecule has 3 aromatic rings. The summed E-state index contributed by atoms with van der Waals surface area (Å²) in [5, 5.41) is 15.4. The minimum Gasteiger partial charge on any atom is -0.482 e. The molecular formula is C25H19Cl2N3O3. The molecule has 0 radical (unpaired) electrons. The van der Waals surface area contributed by atoms with Gasteiger partial charge in [0.2, 0.25) is 0 Å². The highest BCUT2D eigenvalue weighted by atomic mass is 35.5. The largest absolute Gasteiger partial charge is 0.482 e. The van der Waals surface area contributed by atoms with E-state index in [0.717, 1.165) is 5.56 Å². The second-order valence-electron chi connectivity index (χ2n) is 7.03. The Morgan fingerprint density at radius 2 is 1.76 bits per heavy atom. The maximum atomic E-state index is 12.4. The first-order chi connectivity index (χ1) is 15.8. The molecule has 6 nitrogen and oxygen atoms in total. The molecule has 166 valence electrons. The Morgan fingerprint density at radius 1 is 1.00 bits per heavy atom. The Hall–Kier alpha value is -3.79. The number of nitrogens with zero attached hydrogens (tertiary/aromatic N) is 1. The minimum absolute atomic E-state index is 0.114. The van der Waals surface area contributed by atoms with Gasteiger partial charge < -0.3 is 15.4 Å². The maximum Gasteiger partial charge on any atom is 0.266 e. The van der Waals surface area contributed by atoms with Gasteiger partial charge in [0.25, 0.3) is 11.8 Å². The van der Waals surface area contributed by atoms with Crippen LogP contribution in [0.2, 0.25) is 10.0 Å². The number of hydrogen-bond donors (Lipinski definition) is 2. The number of benzene rings is 3. The van der Waals surface area contributed by atoms with Crippen LogP contribution in [-0.2, 0) is 9.59 Å². The fourth-order valence-corrected chi connectivity index (χ4v) is 3.21. The molecule has 0 saturated heterocycles. The number of nitriles is 1. The predicted octanol–water partition coefficient (Wildman–Crippen LogP) is 5.87. The van der Waals surface area contributed by atoms with Crippen molar-refractivity contribution in [1.82, 2.24) is 0 Å². The molecule has 2 amide bonds. The Bertz CT molecular complexity index is 1250. The van der Waals surface area contributed by atoms with E-state index in [1.807, 2.05) is 25.1 Å². The third kappa shape index (κ3) is 7.11. The lowest BCUT2D eigenvalue weighted by Gasteiger charge is -2.10. The topological polar surface area (TPSA) is 91.2 Å². The van der Waals surface area contributed by atoms with Crippen molar-refractivity contribution in [3.8, 4) is 11.8 Å². The van der Waals surface area contributed by atoms with E-state index in [4.69, 9.17) is 27.9 Å². The van der Waals surface area contributed by atoms with Crippen LogP contribution in [0.3, 0.4) is 0 Å². The molecule has 8 heteroatoms. The van der Waals surface area contributed by atoms with Crippen molar-refractivity contribution >= 4 is 52.5 Å². The summed E-state index contributed by atoms with van der Waals surface area (Å²) in [6, 6.07) is 20.6. The molecular weight excluding hydrogens is 461 g/mol. The van der Waals surface area contributed by atoms with Gasteiger partial charge in [0.1, 0.15) is 17.4 Å². The van der Waals surface area contributed by atoms with E-state index in [1.54, 1.807) is 54.6 Å². The number of ether oxygens (including phenoxy) is 1. The quantitative estimate of drug-likeness (QED) is 0.327. The van der Waals surface area contributed by atoms with Crippen molar-refractivity contribution < 1.29 is 14.3 Å². The first-order valence-electron chi connectivity index (χ1n) is 9.81. The number of anilines is 2. The Balaban J connectivity index is 1.63. The highest BCUT2D eigenvalue weighted by molar-refractivity contribution is 6.32. The summed E-state index contributed by atoms with van der Waals surface area (Å²) in [5.74, 6) is -0.609. The summed E-state index contributed by atoms with van der Waals surface area (Å²) in [6.07, 6.45) is 1.40. The number of nitrogens with one attached hydrogen (secondary N) is 2. The summed E-state index contributed by atoms with van der Waals surface area (Å²) >= 11 is 12.2. The number of rotatable bonds is 7. The molecule has 0 aliphatic carbocycles. The van der Waals surface area contributed by atoms with Gasteiger partial charge in [-0.05, 0) is 61.0 Å². The third-order valence-corrected chi connectivity index (χ3v) is 4.94. The summed E-state index contributed by atoms with van der Waals surface area (Å²) in [7, 11) is 0. The molecule has 0 saturated carbocycles. The zero-order valence-electron chi connectivity index (χ0n) is 17.6. The molecule has 0 aliphatic rings. The van der Waals surface area contributed by atoms with Crippen LogP contribution in [-0.4, -0.2) is 18.4 Å². The normalized spacial score (nSPS) is 10.8. The second-order valence-corrected chi connectivity index (χ2v) is 7.87. The van der Waals surface area contributed by atoms with Crippen LogP contribution in [0.15, 0.2) is 72.3 Å². The molecule has 0 atom stereocenters. The Labute approximate surface area is 201 Å². The molecule has 2 N–H and O–H groups in total. The van der Waals surface area contributed by atoms with Crippen LogP contribution in [0.5, 0.6) is 5.75 Å². The van der Waals surface area contributed by atoms with Gasteiger partial charge in [0.05, 0.1) is 5.02 Å². The third-order valence-electron chi connectivity index (χ3n) is 4.41. The van der Waals surface area contributed by atoms with Gasteiger partial charge in [-0.1, -0.05) is 53.0 Å². The van der Waals surface area contributed by atoms with Crippen LogP contribution in [0.4, 0.5) is 11.4 Å². The lowest BCUT2D eigenvalue weighted by molar-refractivity contribution is -0.118. The van der Waals surface area contributed by atoms with E-state index in [-0.39, 0.29) is 23.1 Å². The van der Waals surface area contributed by atoms with Crippen molar-refractivity contribution in [1.29, 1.82) is 5.26 Å². The molecule has 0 fully saturated rings. The summed E-state index contributed by atoms with van der Waals surface area (Å²) < 4.78 is 5.50. The number of carbonyl (C=O) groups is 2. The lowest BCUT2D eigenvalue weighted by atomic mass is 10.1. The van der Waals surface area contributed by atoms with Crippen molar-refractivity contribution in [3.05, 3.63) is 93.5 Å². The van der Waals surface area contributed by atoms with E-state index in [2.05, 4.69) is 10.6 Å². The molecule has 0 heterocycles. The number of hydrogen-bond acceptors (Lipinski definition) is 4. The van der Waals surface area contributed by atoms with Crippen molar-refractivity contribution in [3.63, 3.8) is 0 Å². The van der Waals surface area contributed by atoms with Gasteiger partial charge in [0.15, 0.2) is 6.61 Å². The molecule has 3 rings (SSSR count). The van der Waals surface area contributed by atoms with E-state index in [9.17, 15) is 14.9 Å². The molecule has 0 aliphatic heterocycles. The second kappa shape index (κ2) is 11.2. The Kier molecular flexibility index (Phi) is 8.09.